The predicted octanol–water partition coefficient (Wildman–Crippen LogP) is 6.33. The van der Waals surface area contributed by atoms with Crippen molar-refractivity contribution in [2.45, 2.75) is 79.1 Å². The number of hydrogen-bond acceptors (Lipinski definition) is 5. The number of fused-ring (bicyclic) bond motifs is 5. The van der Waals surface area contributed by atoms with Crippen LogP contribution in [0.5, 0.6) is 0 Å². The molecule has 0 radical (unpaired) electrons. The van der Waals surface area contributed by atoms with Gasteiger partial charge in [-0.15, -0.1) is 0 Å². The van der Waals surface area contributed by atoms with E-state index >= 15 is 0 Å². The quantitative estimate of drug-likeness (QED) is 0.435. The van der Waals surface area contributed by atoms with Crippen molar-refractivity contribution in [3.05, 3.63) is 11.6 Å². The largest absolute Gasteiger partial charge is 0.474 e. The molecule has 0 aromatic heterocycles. The van der Waals surface area contributed by atoms with Gasteiger partial charge in [0.15, 0.2) is 5.78 Å². The van der Waals surface area contributed by atoms with Crippen molar-refractivity contribution >= 4 is 13.6 Å². The normalized spacial score (nSPS) is 41.1. The number of carbonyl (C=O) groups is 1. The van der Waals surface area contributed by atoms with Gasteiger partial charge in [0, 0.05) is 6.42 Å². The lowest BCUT2D eigenvalue weighted by molar-refractivity contribution is -0.117. The molecule has 6 heteroatoms. The zero-order chi connectivity index (χ0) is 21.6. The smallest absolute Gasteiger partial charge is 0.295 e. The van der Waals surface area contributed by atoms with Crippen molar-refractivity contribution in [2.24, 2.45) is 34.5 Å². The number of rotatable bonds is 7. The van der Waals surface area contributed by atoms with Crippen LogP contribution in [0.1, 0.15) is 79.1 Å². The van der Waals surface area contributed by atoms with Gasteiger partial charge in [-0.2, -0.15) is 0 Å². The summed E-state index contributed by atoms with van der Waals surface area (Å²) in [4.78, 5) is 12.0. The SMILES string of the molecule is CCOP(=O)(OCC)OC[C@@H]1CC[C@H]2[C@@H]3CCC4=CC(=O)CC[C@]4(C)[C@H]3CC[C@]12C. The monoisotopic (exact) mass is 438 g/mol. The number of allylic oxidation sites excluding steroid dienone is 1. The van der Waals surface area contributed by atoms with Crippen molar-refractivity contribution in [1.29, 1.82) is 0 Å². The molecule has 0 N–H and O–H groups in total. The average molecular weight is 439 g/mol. The summed E-state index contributed by atoms with van der Waals surface area (Å²) >= 11 is 0. The van der Waals surface area contributed by atoms with E-state index in [1.165, 1.54) is 31.3 Å². The molecule has 0 aliphatic heterocycles. The summed E-state index contributed by atoms with van der Waals surface area (Å²) in [6.07, 6.45) is 10.8. The second kappa shape index (κ2) is 8.46. The van der Waals surface area contributed by atoms with Crippen molar-refractivity contribution in [3.63, 3.8) is 0 Å². The van der Waals surface area contributed by atoms with Gasteiger partial charge >= 0.3 is 7.82 Å². The highest BCUT2D eigenvalue weighted by Crippen LogP contribution is 2.67. The molecule has 3 fully saturated rings. The van der Waals surface area contributed by atoms with Crippen LogP contribution in [-0.2, 0) is 22.9 Å². The maximum Gasteiger partial charge on any atom is 0.474 e. The second-order valence-corrected chi connectivity index (χ2v) is 12.0. The first-order valence-electron chi connectivity index (χ1n) is 12.0. The topological polar surface area (TPSA) is 61.8 Å². The fraction of sp³-hybridized carbons (Fsp3) is 0.875. The summed E-state index contributed by atoms with van der Waals surface area (Å²) in [6.45, 7) is 9.60. The fourth-order valence-corrected chi connectivity index (χ4v) is 8.77. The van der Waals surface area contributed by atoms with Gasteiger partial charge in [-0.3, -0.25) is 18.4 Å². The van der Waals surface area contributed by atoms with E-state index in [4.69, 9.17) is 13.6 Å². The Labute approximate surface area is 181 Å². The van der Waals surface area contributed by atoms with Crippen LogP contribution in [0.15, 0.2) is 11.6 Å². The highest BCUT2D eigenvalue weighted by atomic mass is 31.2. The minimum Gasteiger partial charge on any atom is -0.295 e. The lowest BCUT2D eigenvalue weighted by Crippen LogP contribution is -2.50. The second-order valence-electron chi connectivity index (χ2n) is 10.4. The van der Waals surface area contributed by atoms with Crippen LogP contribution in [0.25, 0.3) is 0 Å². The first kappa shape index (κ1) is 22.7. The molecule has 0 bridgehead atoms. The Bertz CT molecular complexity index is 738. The molecule has 6 atom stereocenters. The molecular formula is C24H39O5P. The van der Waals surface area contributed by atoms with Gasteiger partial charge in [-0.1, -0.05) is 19.4 Å². The molecule has 0 amide bonds. The minimum atomic E-state index is -3.45. The van der Waals surface area contributed by atoms with Crippen molar-refractivity contribution in [2.75, 3.05) is 19.8 Å². The third-order valence-electron chi connectivity index (χ3n) is 9.17. The van der Waals surface area contributed by atoms with Gasteiger partial charge in [-0.05, 0) is 99.4 Å². The van der Waals surface area contributed by atoms with E-state index in [9.17, 15) is 9.36 Å². The van der Waals surface area contributed by atoms with Crippen LogP contribution in [0, 0.1) is 34.5 Å². The molecule has 0 spiro atoms. The molecule has 170 valence electrons. The van der Waals surface area contributed by atoms with Gasteiger partial charge in [0.2, 0.25) is 0 Å². The standard InChI is InChI=1S/C24H39O5P/c1-5-27-30(26,28-6-2)29-16-18-8-10-21-20-9-7-17-15-19(25)11-13-23(17,3)22(20)12-14-24(18,21)4/h15,18,20-22H,5-14,16H2,1-4H3/t18-,20-,21-,22-,23-,24+/m0/s1. The fourth-order valence-electron chi connectivity index (χ4n) is 7.55. The first-order chi connectivity index (χ1) is 14.3. The van der Waals surface area contributed by atoms with Crippen LogP contribution >= 0.6 is 7.82 Å². The van der Waals surface area contributed by atoms with Crippen molar-refractivity contribution in [1.82, 2.24) is 0 Å². The zero-order valence-corrected chi connectivity index (χ0v) is 20.0. The molecule has 0 aromatic rings. The maximum atomic E-state index is 12.8. The zero-order valence-electron chi connectivity index (χ0n) is 19.2. The van der Waals surface area contributed by atoms with Crippen LogP contribution in [-0.4, -0.2) is 25.6 Å². The molecule has 0 unspecified atom stereocenters. The van der Waals surface area contributed by atoms with Gasteiger partial charge in [0.05, 0.1) is 19.8 Å². The van der Waals surface area contributed by atoms with Crippen LogP contribution in [0.2, 0.25) is 0 Å². The number of hydrogen-bond donors (Lipinski definition) is 0. The Morgan fingerprint density at radius 2 is 1.70 bits per heavy atom. The van der Waals surface area contributed by atoms with Gasteiger partial charge in [0.1, 0.15) is 0 Å². The highest BCUT2D eigenvalue weighted by Gasteiger charge is 2.59. The third-order valence-corrected chi connectivity index (χ3v) is 10.8. The molecule has 4 rings (SSSR count). The van der Waals surface area contributed by atoms with Gasteiger partial charge in [-0.25, -0.2) is 4.57 Å². The first-order valence-corrected chi connectivity index (χ1v) is 13.5. The Balaban J connectivity index is 1.48. The lowest BCUT2D eigenvalue weighted by Gasteiger charge is -2.58. The molecule has 3 saturated carbocycles. The van der Waals surface area contributed by atoms with Crippen molar-refractivity contribution in [3.8, 4) is 0 Å². The summed E-state index contributed by atoms with van der Waals surface area (Å²) in [5, 5.41) is 0. The van der Waals surface area contributed by atoms with E-state index < -0.39 is 7.82 Å². The molecular weight excluding hydrogens is 399 g/mol. The van der Waals surface area contributed by atoms with E-state index in [1.807, 2.05) is 19.9 Å². The molecule has 0 heterocycles. The highest BCUT2D eigenvalue weighted by molar-refractivity contribution is 7.48. The van der Waals surface area contributed by atoms with Crippen LogP contribution < -0.4 is 0 Å². The number of phosphoric ester groups is 1. The van der Waals surface area contributed by atoms with E-state index in [-0.39, 0.29) is 10.8 Å². The Morgan fingerprint density at radius 3 is 2.40 bits per heavy atom. The Morgan fingerprint density at radius 1 is 0.967 bits per heavy atom. The maximum absolute atomic E-state index is 12.8. The Kier molecular flexibility index (Phi) is 6.40. The molecule has 30 heavy (non-hydrogen) atoms. The lowest BCUT2D eigenvalue weighted by atomic mass is 9.47. The van der Waals surface area contributed by atoms with Crippen LogP contribution in [0.4, 0.5) is 0 Å². The van der Waals surface area contributed by atoms with E-state index in [0.29, 0.717) is 49.8 Å². The van der Waals surface area contributed by atoms with Crippen LogP contribution in [0.3, 0.4) is 0 Å². The molecule has 4 aliphatic rings. The van der Waals surface area contributed by atoms with E-state index in [1.54, 1.807) is 0 Å². The third kappa shape index (κ3) is 3.78. The number of phosphoric acid groups is 1. The molecule has 5 nitrogen and oxygen atoms in total. The van der Waals surface area contributed by atoms with Gasteiger partial charge in [0.25, 0.3) is 0 Å². The summed E-state index contributed by atoms with van der Waals surface area (Å²) in [5.74, 6) is 2.85. The number of ketones is 1. The average Bonchev–Trinajstić information content (AvgIpc) is 3.04. The summed E-state index contributed by atoms with van der Waals surface area (Å²) in [7, 11) is -3.45. The Hall–Kier alpha value is -0.480. The molecule has 0 saturated heterocycles. The summed E-state index contributed by atoms with van der Waals surface area (Å²) in [5.41, 5.74) is 1.87. The molecule has 4 aliphatic carbocycles. The molecule has 0 aromatic carbocycles. The minimum absolute atomic E-state index is 0.215. The summed E-state index contributed by atoms with van der Waals surface area (Å²) in [6, 6.07) is 0. The van der Waals surface area contributed by atoms with Gasteiger partial charge < -0.3 is 0 Å². The predicted molar refractivity (Wildman–Crippen MR) is 117 cm³/mol. The summed E-state index contributed by atoms with van der Waals surface area (Å²) < 4.78 is 29.3. The van der Waals surface area contributed by atoms with Crippen molar-refractivity contribution < 1.29 is 22.9 Å². The van der Waals surface area contributed by atoms with E-state index in [0.717, 1.165) is 25.2 Å². The van der Waals surface area contributed by atoms with E-state index in [2.05, 4.69) is 13.8 Å². The number of carbonyl (C=O) groups excluding carboxylic acids is 1.